The van der Waals surface area contributed by atoms with E-state index in [1.165, 1.54) is 0 Å². The van der Waals surface area contributed by atoms with Gasteiger partial charge in [0.05, 0.1) is 11.2 Å². The normalized spacial score (nSPS) is 11.1. The zero-order valence-electron chi connectivity index (χ0n) is 16.5. The first-order valence-corrected chi connectivity index (χ1v) is 9.85. The van der Waals surface area contributed by atoms with E-state index in [1.54, 1.807) is 12.4 Å². The molecule has 0 saturated carbocycles. The van der Waals surface area contributed by atoms with Crippen molar-refractivity contribution in [2.75, 3.05) is 0 Å². The van der Waals surface area contributed by atoms with E-state index in [1.807, 2.05) is 54.6 Å². The van der Waals surface area contributed by atoms with Crippen molar-refractivity contribution < 1.29 is 4.79 Å². The second-order valence-electron chi connectivity index (χ2n) is 7.31. The third kappa shape index (κ3) is 3.20. The van der Waals surface area contributed by atoms with Crippen molar-refractivity contribution in [3.05, 3.63) is 95.9 Å². The Morgan fingerprint density at radius 1 is 1.00 bits per heavy atom. The number of H-pyrrole nitrogens is 1. The number of hydrogen-bond acceptors (Lipinski definition) is 3. The Balaban J connectivity index is 1.64. The van der Waals surface area contributed by atoms with Gasteiger partial charge in [-0.3, -0.25) is 9.78 Å². The van der Waals surface area contributed by atoms with Gasteiger partial charge >= 0.3 is 0 Å². The molecule has 0 atom stereocenters. The van der Waals surface area contributed by atoms with E-state index in [2.05, 4.69) is 34.3 Å². The highest BCUT2D eigenvalue weighted by Crippen LogP contribution is 2.33. The monoisotopic (exact) mass is 392 g/mol. The molecule has 3 aromatic heterocycles. The van der Waals surface area contributed by atoms with Crippen molar-refractivity contribution in [2.45, 2.75) is 13.5 Å². The van der Waals surface area contributed by atoms with Crippen molar-refractivity contribution in [3.63, 3.8) is 0 Å². The van der Waals surface area contributed by atoms with E-state index in [4.69, 9.17) is 4.98 Å². The number of fused-ring (bicyclic) bond motifs is 3. The van der Waals surface area contributed by atoms with Crippen molar-refractivity contribution in [1.29, 1.82) is 0 Å². The second-order valence-corrected chi connectivity index (χ2v) is 7.31. The lowest BCUT2D eigenvalue weighted by Crippen LogP contribution is -2.24. The highest BCUT2D eigenvalue weighted by Gasteiger charge is 2.17. The van der Waals surface area contributed by atoms with Crippen LogP contribution in [0.25, 0.3) is 33.1 Å². The first kappa shape index (κ1) is 18.1. The van der Waals surface area contributed by atoms with Crippen molar-refractivity contribution in [2.24, 2.45) is 0 Å². The number of nitrogens with one attached hydrogen (secondary N) is 2. The molecule has 1 amide bonds. The molecule has 5 aromatic rings. The fraction of sp³-hybridized carbons (Fsp3) is 0.0800. The number of aromatic nitrogens is 3. The topological polar surface area (TPSA) is 70.7 Å². The van der Waals surface area contributed by atoms with Crippen molar-refractivity contribution >= 4 is 27.7 Å². The lowest BCUT2D eigenvalue weighted by atomic mass is 10.0. The van der Waals surface area contributed by atoms with Crippen LogP contribution in [0.2, 0.25) is 0 Å². The smallest absolute Gasteiger partial charge is 0.270 e. The first-order valence-electron chi connectivity index (χ1n) is 9.85. The maximum Gasteiger partial charge on any atom is 0.270 e. The Labute approximate surface area is 173 Å². The van der Waals surface area contributed by atoms with Crippen LogP contribution < -0.4 is 5.32 Å². The summed E-state index contributed by atoms with van der Waals surface area (Å²) < 4.78 is 0. The summed E-state index contributed by atoms with van der Waals surface area (Å²) in [5.74, 6) is -0.208. The predicted molar refractivity (Wildman–Crippen MR) is 119 cm³/mol. The molecular formula is C25H20N4O. The molecule has 0 aliphatic carbocycles. The van der Waals surface area contributed by atoms with Crippen LogP contribution in [-0.4, -0.2) is 20.9 Å². The minimum atomic E-state index is -0.208. The number of benzene rings is 2. The lowest BCUT2D eigenvalue weighted by Gasteiger charge is -2.10. The summed E-state index contributed by atoms with van der Waals surface area (Å²) in [5, 5.41) is 5.03. The number of aromatic amines is 1. The molecule has 0 bridgehead atoms. The maximum atomic E-state index is 13.0. The fourth-order valence-corrected chi connectivity index (χ4v) is 3.77. The number of hydrogen-bond donors (Lipinski definition) is 2. The molecule has 0 aliphatic heterocycles. The van der Waals surface area contributed by atoms with Gasteiger partial charge < -0.3 is 10.3 Å². The molecular weight excluding hydrogens is 372 g/mol. The number of rotatable bonds is 4. The number of nitrogens with zero attached hydrogens (tertiary/aromatic N) is 2. The van der Waals surface area contributed by atoms with Crippen LogP contribution in [0.3, 0.4) is 0 Å². The van der Waals surface area contributed by atoms with Gasteiger partial charge in [0.25, 0.3) is 5.91 Å². The van der Waals surface area contributed by atoms with Gasteiger partial charge in [-0.05, 0) is 36.2 Å². The van der Waals surface area contributed by atoms with Crippen LogP contribution in [0.15, 0.2) is 79.1 Å². The molecule has 5 rings (SSSR count). The van der Waals surface area contributed by atoms with Gasteiger partial charge in [-0.25, -0.2) is 4.98 Å². The van der Waals surface area contributed by atoms with Crippen LogP contribution in [-0.2, 0) is 6.54 Å². The molecule has 0 spiro atoms. The minimum Gasteiger partial charge on any atom is -0.353 e. The molecule has 0 fully saturated rings. The molecule has 146 valence electrons. The maximum absolute atomic E-state index is 13.0. The van der Waals surface area contributed by atoms with E-state index in [-0.39, 0.29) is 5.91 Å². The van der Waals surface area contributed by atoms with Gasteiger partial charge in [0.15, 0.2) is 0 Å². The SMILES string of the molecule is Cc1ccccc1-c1nc(C(=O)NCc2cccnc2)cc2c1[nH]c1ccccc12. The summed E-state index contributed by atoms with van der Waals surface area (Å²) >= 11 is 0. The average Bonchev–Trinajstić information content (AvgIpc) is 3.17. The molecule has 30 heavy (non-hydrogen) atoms. The highest BCUT2D eigenvalue weighted by atomic mass is 16.1. The summed E-state index contributed by atoms with van der Waals surface area (Å²) in [5.41, 5.74) is 6.21. The summed E-state index contributed by atoms with van der Waals surface area (Å²) in [6.45, 7) is 2.46. The molecule has 5 nitrogen and oxygen atoms in total. The Morgan fingerprint density at radius 3 is 2.67 bits per heavy atom. The number of pyridine rings is 2. The van der Waals surface area contributed by atoms with Gasteiger partial charge in [-0.1, -0.05) is 48.5 Å². The quantitative estimate of drug-likeness (QED) is 0.451. The second kappa shape index (κ2) is 7.44. The zero-order chi connectivity index (χ0) is 20.5. The summed E-state index contributed by atoms with van der Waals surface area (Å²) in [4.78, 5) is 25.4. The Bertz CT molecular complexity index is 1370. The Hall–Kier alpha value is -3.99. The number of amides is 1. The van der Waals surface area contributed by atoms with Crippen LogP contribution in [0.1, 0.15) is 21.6 Å². The Kier molecular flexibility index (Phi) is 4.48. The van der Waals surface area contributed by atoms with Crippen LogP contribution in [0.4, 0.5) is 0 Å². The summed E-state index contributed by atoms with van der Waals surface area (Å²) in [6.07, 6.45) is 3.46. The van der Waals surface area contributed by atoms with Gasteiger partial charge in [0.2, 0.25) is 0 Å². The highest BCUT2D eigenvalue weighted by molar-refractivity contribution is 6.13. The summed E-state index contributed by atoms with van der Waals surface area (Å²) in [7, 11) is 0. The van der Waals surface area contributed by atoms with E-state index in [0.717, 1.165) is 44.2 Å². The molecule has 3 heterocycles. The van der Waals surface area contributed by atoms with Crippen molar-refractivity contribution in [3.8, 4) is 11.3 Å². The fourth-order valence-electron chi connectivity index (χ4n) is 3.77. The number of carbonyl (C=O) groups is 1. The third-order valence-corrected chi connectivity index (χ3v) is 5.31. The van der Waals surface area contributed by atoms with Crippen molar-refractivity contribution in [1.82, 2.24) is 20.3 Å². The molecule has 0 radical (unpaired) electrons. The lowest BCUT2D eigenvalue weighted by molar-refractivity contribution is 0.0946. The molecule has 2 N–H and O–H groups in total. The van der Waals surface area contributed by atoms with Gasteiger partial charge in [0.1, 0.15) is 5.69 Å². The summed E-state index contributed by atoms with van der Waals surface area (Å²) in [6, 6.07) is 21.9. The number of para-hydroxylation sites is 1. The predicted octanol–water partition coefficient (Wildman–Crippen LogP) is 5.02. The van der Waals surface area contributed by atoms with Crippen LogP contribution >= 0.6 is 0 Å². The largest absolute Gasteiger partial charge is 0.353 e. The standard InChI is InChI=1S/C25H20N4O/c1-16-7-2-3-9-18(16)23-24-20(19-10-4-5-11-21(19)28-24)13-22(29-23)25(30)27-15-17-8-6-12-26-14-17/h2-14,28H,15H2,1H3,(H,27,30). The number of aryl methyl sites for hydroxylation is 1. The van der Waals surface area contributed by atoms with Crippen LogP contribution in [0, 0.1) is 6.92 Å². The molecule has 0 aliphatic rings. The Morgan fingerprint density at radius 2 is 1.83 bits per heavy atom. The minimum absolute atomic E-state index is 0.208. The van der Waals surface area contributed by atoms with E-state index >= 15 is 0 Å². The van der Waals surface area contributed by atoms with E-state index in [9.17, 15) is 4.79 Å². The van der Waals surface area contributed by atoms with Gasteiger partial charge in [0, 0.05) is 40.8 Å². The third-order valence-electron chi connectivity index (χ3n) is 5.31. The van der Waals surface area contributed by atoms with Gasteiger partial charge in [-0.2, -0.15) is 0 Å². The first-order chi connectivity index (χ1) is 14.7. The van der Waals surface area contributed by atoms with E-state index < -0.39 is 0 Å². The van der Waals surface area contributed by atoms with E-state index in [0.29, 0.717) is 12.2 Å². The molecule has 2 aromatic carbocycles. The number of carbonyl (C=O) groups excluding carboxylic acids is 1. The molecule has 0 unspecified atom stereocenters. The van der Waals surface area contributed by atoms with Crippen LogP contribution in [0.5, 0.6) is 0 Å². The van der Waals surface area contributed by atoms with Gasteiger partial charge in [-0.15, -0.1) is 0 Å². The average molecular weight is 392 g/mol. The zero-order valence-corrected chi connectivity index (χ0v) is 16.5. The molecule has 5 heteroatoms. The molecule has 0 saturated heterocycles.